The molecule has 0 fully saturated rings. The van der Waals surface area contributed by atoms with Crippen molar-refractivity contribution in [1.29, 1.82) is 0 Å². The first-order chi connectivity index (χ1) is 5.33. The van der Waals surface area contributed by atoms with Crippen LogP contribution in [0.3, 0.4) is 0 Å². The zero-order valence-electron chi connectivity index (χ0n) is 5.67. The normalized spacial score (nSPS) is 10.7. The molecular weight excluding hydrogens is 272 g/mol. The van der Waals surface area contributed by atoms with E-state index in [0.717, 1.165) is 15.6 Å². The maximum absolute atomic E-state index is 4.05. The Kier molecular flexibility index (Phi) is 3.72. The van der Waals surface area contributed by atoms with Crippen molar-refractivity contribution < 1.29 is 0 Å². The van der Waals surface area contributed by atoms with Gasteiger partial charge in [0.25, 0.3) is 0 Å². The molecule has 0 unspecified atom stereocenters. The molecule has 0 bridgehead atoms. The molecule has 1 rings (SSSR count). The van der Waals surface area contributed by atoms with Crippen molar-refractivity contribution in [1.82, 2.24) is 9.97 Å². The van der Waals surface area contributed by atoms with Crippen LogP contribution in [-0.4, -0.2) is 15.3 Å². The Morgan fingerprint density at radius 1 is 1.36 bits per heavy atom. The van der Waals surface area contributed by atoms with E-state index in [-0.39, 0.29) is 0 Å². The van der Waals surface area contributed by atoms with Gasteiger partial charge < -0.3 is 0 Å². The molecule has 0 saturated carbocycles. The third kappa shape index (κ3) is 3.12. The van der Waals surface area contributed by atoms with Crippen LogP contribution in [0.15, 0.2) is 22.9 Å². The zero-order chi connectivity index (χ0) is 8.10. The average Bonchev–Trinajstić information content (AvgIpc) is 2.04. The third-order valence-corrected chi connectivity index (χ3v) is 1.78. The molecule has 0 amide bonds. The van der Waals surface area contributed by atoms with Crippen LogP contribution >= 0.6 is 31.9 Å². The molecule has 1 heterocycles. The van der Waals surface area contributed by atoms with Gasteiger partial charge in [0.15, 0.2) is 5.82 Å². The van der Waals surface area contributed by atoms with Gasteiger partial charge in [-0.2, -0.15) is 0 Å². The van der Waals surface area contributed by atoms with Gasteiger partial charge in [0.2, 0.25) is 0 Å². The van der Waals surface area contributed by atoms with Crippen molar-refractivity contribution >= 4 is 37.9 Å². The first-order valence-corrected chi connectivity index (χ1v) is 4.94. The summed E-state index contributed by atoms with van der Waals surface area (Å²) in [5.74, 6) is 0.729. The van der Waals surface area contributed by atoms with E-state index in [4.69, 9.17) is 0 Å². The van der Waals surface area contributed by atoms with Crippen LogP contribution < -0.4 is 0 Å². The molecule has 0 aromatic carbocycles. The molecule has 58 valence electrons. The van der Waals surface area contributed by atoms with Gasteiger partial charge in [-0.3, -0.25) is 0 Å². The molecule has 0 aliphatic heterocycles. The summed E-state index contributed by atoms with van der Waals surface area (Å²) in [7, 11) is 0. The van der Waals surface area contributed by atoms with Gasteiger partial charge in [-0.25, -0.2) is 9.97 Å². The predicted molar refractivity (Wildman–Crippen MR) is 52.6 cm³/mol. The summed E-state index contributed by atoms with van der Waals surface area (Å²) in [6, 6.07) is 0. The van der Waals surface area contributed by atoms with Crippen LogP contribution in [0.5, 0.6) is 0 Å². The molecule has 0 radical (unpaired) electrons. The summed E-state index contributed by atoms with van der Waals surface area (Å²) in [5, 5.41) is 0.826. The molecule has 0 spiro atoms. The second-order valence-corrected chi connectivity index (χ2v) is 3.38. The van der Waals surface area contributed by atoms with E-state index in [0.29, 0.717) is 0 Å². The first kappa shape index (κ1) is 8.87. The zero-order valence-corrected chi connectivity index (χ0v) is 8.84. The molecule has 4 heteroatoms. The highest BCUT2D eigenvalue weighted by Crippen LogP contribution is 2.04. The van der Waals surface area contributed by atoms with E-state index >= 15 is 0 Å². The fourth-order valence-electron chi connectivity index (χ4n) is 0.558. The van der Waals surface area contributed by atoms with E-state index in [2.05, 4.69) is 41.8 Å². The Hall–Kier alpha value is -0.220. The van der Waals surface area contributed by atoms with Crippen LogP contribution in [0, 0.1) is 0 Å². The lowest BCUT2D eigenvalue weighted by Crippen LogP contribution is -1.84. The fourth-order valence-corrected chi connectivity index (χ4v) is 0.950. The van der Waals surface area contributed by atoms with Gasteiger partial charge in [-0.05, 0) is 22.0 Å². The number of hydrogen-bond acceptors (Lipinski definition) is 2. The lowest BCUT2D eigenvalue weighted by Gasteiger charge is -1.90. The number of aromatic nitrogens is 2. The predicted octanol–water partition coefficient (Wildman–Crippen LogP) is 2.65. The molecule has 0 N–H and O–H groups in total. The van der Waals surface area contributed by atoms with Gasteiger partial charge in [0, 0.05) is 17.7 Å². The van der Waals surface area contributed by atoms with Crippen molar-refractivity contribution in [2.24, 2.45) is 0 Å². The number of alkyl halides is 1. The first-order valence-electron chi connectivity index (χ1n) is 3.03. The van der Waals surface area contributed by atoms with Crippen LogP contribution in [-0.2, 0) is 0 Å². The van der Waals surface area contributed by atoms with E-state index in [1.807, 2.05) is 12.2 Å². The molecule has 0 aliphatic rings. The summed E-state index contributed by atoms with van der Waals surface area (Å²) < 4.78 is 0.897. The van der Waals surface area contributed by atoms with E-state index in [1.165, 1.54) is 0 Å². The maximum atomic E-state index is 4.05. The van der Waals surface area contributed by atoms with E-state index < -0.39 is 0 Å². The minimum atomic E-state index is 0.729. The smallest absolute Gasteiger partial charge is 0.151 e. The highest BCUT2D eigenvalue weighted by molar-refractivity contribution is 9.10. The van der Waals surface area contributed by atoms with E-state index in [9.17, 15) is 0 Å². The lowest BCUT2D eigenvalue weighted by molar-refractivity contribution is 1.12. The van der Waals surface area contributed by atoms with Gasteiger partial charge >= 0.3 is 0 Å². The molecule has 0 atom stereocenters. The molecule has 1 aromatic rings. The van der Waals surface area contributed by atoms with Gasteiger partial charge in [-0.1, -0.05) is 22.0 Å². The van der Waals surface area contributed by atoms with Gasteiger partial charge in [0.05, 0.1) is 4.47 Å². The second-order valence-electron chi connectivity index (χ2n) is 1.82. The van der Waals surface area contributed by atoms with Crippen LogP contribution in [0.4, 0.5) is 0 Å². The summed E-state index contributed by atoms with van der Waals surface area (Å²) in [5.41, 5.74) is 0. The highest BCUT2D eigenvalue weighted by Gasteiger charge is 1.88. The number of hydrogen-bond donors (Lipinski definition) is 0. The molecule has 2 nitrogen and oxygen atoms in total. The summed E-state index contributed by atoms with van der Waals surface area (Å²) in [6.45, 7) is 0. The standard InChI is InChI=1S/C7H6Br2N2/c8-3-1-2-7-10-4-6(9)5-11-7/h1-2,4-5H,3H2. The van der Waals surface area contributed by atoms with Crippen LogP contribution in [0.25, 0.3) is 6.08 Å². The SMILES string of the molecule is BrCC=Cc1ncc(Br)cn1. The third-order valence-electron chi connectivity index (χ3n) is 0.996. The van der Waals surface area contributed by atoms with Crippen molar-refractivity contribution in [2.75, 3.05) is 5.33 Å². The Labute approximate surface area is 82.0 Å². The maximum Gasteiger partial charge on any atom is 0.151 e. The number of rotatable bonds is 2. The average molecular weight is 278 g/mol. The Morgan fingerprint density at radius 3 is 2.55 bits per heavy atom. The highest BCUT2D eigenvalue weighted by atomic mass is 79.9. The monoisotopic (exact) mass is 276 g/mol. The lowest BCUT2D eigenvalue weighted by atomic mass is 10.5. The molecule has 0 saturated heterocycles. The topological polar surface area (TPSA) is 25.8 Å². The summed E-state index contributed by atoms with van der Waals surface area (Å²) in [6.07, 6.45) is 7.26. The molecule has 0 aliphatic carbocycles. The van der Waals surface area contributed by atoms with Crippen molar-refractivity contribution in [3.05, 3.63) is 28.8 Å². The van der Waals surface area contributed by atoms with Crippen molar-refractivity contribution in [2.45, 2.75) is 0 Å². The summed E-state index contributed by atoms with van der Waals surface area (Å²) in [4.78, 5) is 8.10. The second kappa shape index (κ2) is 4.62. The van der Waals surface area contributed by atoms with Gasteiger partial charge in [0.1, 0.15) is 0 Å². The molecule has 11 heavy (non-hydrogen) atoms. The molecular formula is C7H6Br2N2. The Balaban J connectivity index is 2.73. The largest absolute Gasteiger partial charge is 0.236 e. The minimum absolute atomic E-state index is 0.729. The molecule has 1 aromatic heterocycles. The summed E-state index contributed by atoms with van der Waals surface area (Å²) >= 11 is 6.52. The minimum Gasteiger partial charge on any atom is -0.236 e. The van der Waals surface area contributed by atoms with E-state index in [1.54, 1.807) is 12.4 Å². The Bertz CT molecular complexity index is 243. The van der Waals surface area contributed by atoms with Gasteiger partial charge in [-0.15, -0.1) is 0 Å². The number of nitrogens with zero attached hydrogens (tertiary/aromatic N) is 2. The quantitative estimate of drug-likeness (QED) is 0.777. The van der Waals surface area contributed by atoms with Crippen LogP contribution in [0.1, 0.15) is 5.82 Å². The van der Waals surface area contributed by atoms with Crippen LogP contribution in [0.2, 0.25) is 0 Å². The number of allylic oxidation sites excluding steroid dienone is 1. The fraction of sp³-hybridized carbons (Fsp3) is 0.143. The number of halogens is 2. The Morgan fingerprint density at radius 2 is 2.00 bits per heavy atom. The van der Waals surface area contributed by atoms with Crippen molar-refractivity contribution in [3.8, 4) is 0 Å². The van der Waals surface area contributed by atoms with Crippen molar-refractivity contribution in [3.63, 3.8) is 0 Å².